The molecule has 94 valence electrons. The first-order valence-electron chi connectivity index (χ1n) is 5.23. The summed E-state index contributed by atoms with van der Waals surface area (Å²) in [7, 11) is 0. The summed E-state index contributed by atoms with van der Waals surface area (Å²) in [6.07, 6.45) is -3.00. The second kappa shape index (κ2) is 5.60. The number of nitrogens with zero attached hydrogens (tertiary/aromatic N) is 1. The molecule has 0 aromatic carbocycles. The first-order valence-corrected chi connectivity index (χ1v) is 5.23. The Morgan fingerprint density at radius 3 is 2.71 bits per heavy atom. The number of anilines is 1. The minimum absolute atomic E-state index is 0.140. The molecule has 0 saturated carbocycles. The maximum absolute atomic E-state index is 11.3. The van der Waals surface area contributed by atoms with E-state index in [9.17, 15) is 15.0 Å². The van der Waals surface area contributed by atoms with Crippen molar-refractivity contribution in [3.8, 4) is 0 Å². The van der Waals surface area contributed by atoms with Gasteiger partial charge in [-0.25, -0.2) is 9.78 Å². The zero-order chi connectivity index (χ0) is 13.0. The molecule has 0 saturated heterocycles. The number of ether oxygens (including phenoxy) is 1. The van der Waals surface area contributed by atoms with Gasteiger partial charge in [-0.3, -0.25) is 0 Å². The van der Waals surface area contributed by atoms with Crippen LogP contribution in [0.15, 0.2) is 12.1 Å². The van der Waals surface area contributed by atoms with Crippen molar-refractivity contribution in [2.45, 2.75) is 26.1 Å². The summed E-state index contributed by atoms with van der Waals surface area (Å²) in [5, 5.41) is 19.4. The second-order valence-corrected chi connectivity index (χ2v) is 3.55. The topological polar surface area (TPSA) is 106 Å². The van der Waals surface area contributed by atoms with Crippen LogP contribution in [0.2, 0.25) is 0 Å². The van der Waals surface area contributed by atoms with E-state index >= 15 is 0 Å². The molecule has 0 spiro atoms. The average Bonchev–Trinajstić information content (AvgIpc) is 2.27. The van der Waals surface area contributed by atoms with Gasteiger partial charge >= 0.3 is 5.97 Å². The molecule has 1 heterocycles. The molecule has 6 nitrogen and oxygen atoms in total. The van der Waals surface area contributed by atoms with Gasteiger partial charge in [-0.1, -0.05) is 6.07 Å². The number of aromatic nitrogens is 1. The van der Waals surface area contributed by atoms with E-state index in [4.69, 9.17) is 5.73 Å². The van der Waals surface area contributed by atoms with Crippen molar-refractivity contribution in [2.24, 2.45) is 0 Å². The smallest absolute Gasteiger partial charge is 0.338 e. The highest BCUT2D eigenvalue weighted by atomic mass is 16.5. The summed E-state index contributed by atoms with van der Waals surface area (Å²) in [6, 6.07) is 3.01. The summed E-state index contributed by atoms with van der Waals surface area (Å²) < 4.78 is 4.62. The molecule has 1 aromatic heterocycles. The van der Waals surface area contributed by atoms with Gasteiger partial charge in [0.2, 0.25) is 0 Å². The molecule has 4 N–H and O–H groups in total. The zero-order valence-corrected chi connectivity index (χ0v) is 9.75. The number of esters is 1. The van der Waals surface area contributed by atoms with Gasteiger partial charge in [0, 0.05) is 11.3 Å². The lowest BCUT2D eigenvalue weighted by atomic mass is 10.0. The normalized spacial score (nSPS) is 14.1. The molecular formula is C11H16N2O4. The van der Waals surface area contributed by atoms with Gasteiger partial charge in [0.15, 0.2) is 6.10 Å². The Hall–Kier alpha value is -1.66. The van der Waals surface area contributed by atoms with Crippen molar-refractivity contribution in [1.82, 2.24) is 4.98 Å². The SMILES string of the molecule is CCOC(=O)C(O)C(O)c1ccc(N)nc1C. The fraction of sp³-hybridized carbons (Fsp3) is 0.455. The zero-order valence-electron chi connectivity index (χ0n) is 9.75. The lowest BCUT2D eigenvalue weighted by molar-refractivity contribution is -0.159. The molecule has 2 unspecified atom stereocenters. The van der Waals surface area contributed by atoms with Crippen LogP contribution in [0.3, 0.4) is 0 Å². The molecule has 0 aliphatic carbocycles. The molecule has 0 radical (unpaired) electrons. The minimum atomic E-state index is -1.63. The van der Waals surface area contributed by atoms with Crippen molar-refractivity contribution in [2.75, 3.05) is 12.3 Å². The maximum Gasteiger partial charge on any atom is 0.338 e. The lowest BCUT2D eigenvalue weighted by Gasteiger charge is -2.18. The van der Waals surface area contributed by atoms with E-state index < -0.39 is 18.2 Å². The van der Waals surface area contributed by atoms with Crippen molar-refractivity contribution < 1.29 is 19.7 Å². The molecule has 6 heteroatoms. The summed E-state index contributed by atoms with van der Waals surface area (Å²) in [6.45, 7) is 3.39. The quantitative estimate of drug-likeness (QED) is 0.636. The molecule has 1 rings (SSSR count). The van der Waals surface area contributed by atoms with Crippen LogP contribution >= 0.6 is 0 Å². The Labute approximate surface area is 99.0 Å². The molecule has 2 atom stereocenters. The third kappa shape index (κ3) is 3.15. The Balaban J connectivity index is 2.88. The third-order valence-corrected chi connectivity index (χ3v) is 2.29. The Bertz CT molecular complexity index is 408. The van der Waals surface area contributed by atoms with Gasteiger partial charge in [0.25, 0.3) is 0 Å². The van der Waals surface area contributed by atoms with Gasteiger partial charge in [-0.2, -0.15) is 0 Å². The number of hydrogen-bond acceptors (Lipinski definition) is 6. The fourth-order valence-electron chi connectivity index (χ4n) is 1.43. The second-order valence-electron chi connectivity index (χ2n) is 3.55. The minimum Gasteiger partial charge on any atom is -0.464 e. The largest absolute Gasteiger partial charge is 0.464 e. The molecule has 0 fully saturated rings. The van der Waals surface area contributed by atoms with Gasteiger partial charge in [-0.15, -0.1) is 0 Å². The highest BCUT2D eigenvalue weighted by molar-refractivity contribution is 5.75. The highest BCUT2D eigenvalue weighted by Gasteiger charge is 2.28. The van der Waals surface area contributed by atoms with E-state index in [1.807, 2.05) is 0 Å². The number of aliphatic hydroxyl groups is 2. The lowest BCUT2D eigenvalue weighted by Crippen LogP contribution is -2.30. The number of carbonyl (C=O) groups is 1. The molecular weight excluding hydrogens is 224 g/mol. The number of carbonyl (C=O) groups excluding carboxylic acids is 1. The number of hydrogen-bond donors (Lipinski definition) is 3. The van der Waals surface area contributed by atoms with Crippen LogP contribution in [-0.2, 0) is 9.53 Å². The Morgan fingerprint density at radius 2 is 2.18 bits per heavy atom. The molecule has 17 heavy (non-hydrogen) atoms. The van der Waals surface area contributed by atoms with E-state index in [1.54, 1.807) is 13.8 Å². The molecule has 0 amide bonds. The monoisotopic (exact) mass is 240 g/mol. The first kappa shape index (κ1) is 13.4. The highest BCUT2D eigenvalue weighted by Crippen LogP contribution is 2.21. The molecule has 0 aliphatic heterocycles. The number of aliphatic hydroxyl groups excluding tert-OH is 2. The Morgan fingerprint density at radius 1 is 1.53 bits per heavy atom. The van der Waals surface area contributed by atoms with Crippen LogP contribution in [0.1, 0.15) is 24.3 Å². The predicted molar refractivity (Wildman–Crippen MR) is 61.0 cm³/mol. The number of nitrogens with two attached hydrogens (primary N) is 1. The van der Waals surface area contributed by atoms with Gasteiger partial charge in [0.05, 0.1) is 6.61 Å². The summed E-state index contributed by atoms with van der Waals surface area (Å²) in [4.78, 5) is 15.2. The van der Waals surface area contributed by atoms with E-state index in [-0.39, 0.29) is 6.61 Å². The summed E-state index contributed by atoms with van der Waals surface area (Å²) >= 11 is 0. The van der Waals surface area contributed by atoms with Crippen LogP contribution < -0.4 is 5.73 Å². The van der Waals surface area contributed by atoms with Crippen molar-refractivity contribution in [1.29, 1.82) is 0 Å². The van der Waals surface area contributed by atoms with E-state index in [0.29, 0.717) is 17.1 Å². The standard InChI is InChI=1S/C11H16N2O4/c1-3-17-11(16)10(15)9(14)7-4-5-8(12)13-6(7)2/h4-5,9-10,14-15H,3H2,1-2H3,(H2,12,13). The number of pyridine rings is 1. The third-order valence-electron chi connectivity index (χ3n) is 2.29. The number of aryl methyl sites for hydroxylation is 1. The van der Waals surface area contributed by atoms with Crippen LogP contribution in [0, 0.1) is 6.92 Å². The average molecular weight is 240 g/mol. The predicted octanol–water partition coefficient (Wildman–Crippen LogP) is -0.0704. The van der Waals surface area contributed by atoms with Crippen LogP contribution in [0.25, 0.3) is 0 Å². The molecule has 0 bridgehead atoms. The van der Waals surface area contributed by atoms with Crippen LogP contribution in [-0.4, -0.2) is 33.9 Å². The fourth-order valence-corrected chi connectivity index (χ4v) is 1.43. The van der Waals surface area contributed by atoms with Gasteiger partial charge < -0.3 is 20.7 Å². The summed E-state index contributed by atoms with van der Waals surface area (Å²) in [5.41, 5.74) is 6.27. The van der Waals surface area contributed by atoms with E-state index in [1.165, 1.54) is 12.1 Å². The van der Waals surface area contributed by atoms with E-state index in [0.717, 1.165) is 0 Å². The first-order chi connectivity index (χ1) is 7.97. The van der Waals surface area contributed by atoms with Gasteiger partial charge in [0.1, 0.15) is 11.9 Å². The van der Waals surface area contributed by atoms with Gasteiger partial charge in [-0.05, 0) is 19.9 Å². The van der Waals surface area contributed by atoms with Crippen molar-refractivity contribution >= 4 is 11.8 Å². The Kier molecular flexibility index (Phi) is 4.42. The van der Waals surface area contributed by atoms with Crippen molar-refractivity contribution in [3.05, 3.63) is 23.4 Å². The number of nitrogen functional groups attached to an aromatic ring is 1. The van der Waals surface area contributed by atoms with Crippen molar-refractivity contribution in [3.63, 3.8) is 0 Å². The molecule has 0 aliphatic rings. The van der Waals surface area contributed by atoms with Crippen LogP contribution in [0.5, 0.6) is 0 Å². The maximum atomic E-state index is 11.3. The summed E-state index contributed by atoms with van der Waals surface area (Å²) in [5.74, 6) is -0.555. The van der Waals surface area contributed by atoms with Crippen LogP contribution in [0.4, 0.5) is 5.82 Å². The molecule has 1 aromatic rings. The number of rotatable bonds is 4. The van der Waals surface area contributed by atoms with E-state index in [2.05, 4.69) is 9.72 Å².